The second kappa shape index (κ2) is 4.90. The minimum atomic E-state index is -0.227. The summed E-state index contributed by atoms with van der Waals surface area (Å²) < 4.78 is 5.41. The zero-order chi connectivity index (χ0) is 13.2. The lowest BCUT2D eigenvalue weighted by Crippen LogP contribution is -2.13. The predicted molar refractivity (Wildman–Crippen MR) is 72.8 cm³/mol. The van der Waals surface area contributed by atoms with Gasteiger partial charge < -0.3 is 10.1 Å². The van der Waals surface area contributed by atoms with Crippen LogP contribution < -0.4 is 10.1 Å². The van der Waals surface area contributed by atoms with Crippen molar-refractivity contribution in [1.82, 2.24) is 4.98 Å². The number of amides is 1. The van der Waals surface area contributed by atoms with Crippen LogP contribution in [-0.2, 0) is 6.42 Å². The molecule has 1 aromatic heterocycles. The van der Waals surface area contributed by atoms with Crippen molar-refractivity contribution in [3.8, 4) is 5.75 Å². The molecule has 5 heteroatoms. The molecule has 4 nitrogen and oxygen atoms in total. The first-order valence-electron chi connectivity index (χ1n) is 5.91. The lowest BCUT2D eigenvalue weighted by atomic mass is 10.1. The third-order valence-corrected chi connectivity index (χ3v) is 3.25. The van der Waals surface area contributed by atoms with Gasteiger partial charge in [0.2, 0.25) is 0 Å². The van der Waals surface area contributed by atoms with E-state index < -0.39 is 0 Å². The number of ether oxygens (including phenoxy) is 1. The van der Waals surface area contributed by atoms with Gasteiger partial charge in [-0.25, -0.2) is 4.98 Å². The van der Waals surface area contributed by atoms with Crippen LogP contribution in [0.5, 0.6) is 5.75 Å². The Morgan fingerprint density at radius 2 is 2.26 bits per heavy atom. The van der Waals surface area contributed by atoms with Crippen LogP contribution >= 0.6 is 11.6 Å². The first-order valence-corrected chi connectivity index (χ1v) is 6.29. The quantitative estimate of drug-likeness (QED) is 0.916. The fourth-order valence-electron chi connectivity index (χ4n) is 1.99. The number of benzene rings is 1. The highest BCUT2D eigenvalue weighted by Crippen LogP contribution is 2.26. The van der Waals surface area contributed by atoms with Crippen LogP contribution in [0.2, 0.25) is 5.02 Å². The number of nitrogens with zero attached hydrogens (tertiary/aromatic N) is 1. The molecule has 0 saturated heterocycles. The minimum Gasteiger partial charge on any atom is -0.493 e. The largest absolute Gasteiger partial charge is 0.493 e. The second-order valence-electron chi connectivity index (χ2n) is 4.21. The summed E-state index contributed by atoms with van der Waals surface area (Å²) in [7, 11) is 0. The average molecular weight is 275 g/mol. The van der Waals surface area contributed by atoms with E-state index in [-0.39, 0.29) is 5.91 Å². The van der Waals surface area contributed by atoms with Crippen LogP contribution in [0.15, 0.2) is 36.5 Å². The Morgan fingerprint density at radius 1 is 1.37 bits per heavy atom. The molecule has 1 aliphatic heterocycles. The number of rotatable bonds is 2. The highest BCUT2D eigenvalue weighted by atomic mass is 35.5. The van der Waals surface area contributed by atoms with E-state index in [1.165, 1.54) is 0 Å². The first-order chi connectivity index (χ1) is 9.24. The van der Waals surface area contributed by atoms with Gasteiger partial charge in [-0.2, -0.15) is 0 Å². The fraction of sp³-hybridized carbons (Fsp3) is 0.143. The molecule has 2 aromatic rings. The molecule has 0 bridgehead atoms. The molecule has 1 aliphatic rings. The van der Waals surface area contributed by atoms with E-state index >= 15 is 0 Å². The molecule has 19 heavy (non-hydrogen) atoms. The number of halogens is 1. The Kier molecular flexibility index (Phi) is 3.09. The predicted octanol–water partition coefficient (Wildman–Crippen LogP) is 2.92. The van der Waals surface area contributed by atoms with Crippen LogP contribution in [0.25, 0.3) is 0 Å². The van der Waals surface area contributed by atoms with Gasteiger partial charge in [-0.05, 0) is 35.9 Å². The van der Waals surface area contributed by atoms with Crippen LogP contribution in [0, 0.1) is 0 Å². The molecule has 0 radical (unpaired) electrons. The zero-order valence-corrected chi connectivity index (χ0v) is 10.8. The van der Waals surface area contributed by atoms with Gasteiger partial charge in [0.05, 0.1) is 11.6 Å². The SMILES string of the molecule is O=C(Nc1ncccc1Cl)c1ccc2c(c1)CCO2. The Hall–Kier alpha value is -2.07. The topological polar surface area (TPSA) is 51.2 Å². The molecule has 0 fully saturated rings. The molecule has 1 amide bonds. The van der Waals surface area contributed by atoms with Gasteiger partial charge in [0.25, 0.3) is 5.91 Å². The molecule has 1 aromatic carbocycles. The average Bonchev–Trinajstić information content (AvgIpc) is 2.88. The summed E-state index contributed by atoms with van der Waals surface area (Å²) in [5.41, 5.74) is 1.63. The van der Waals surface area contributed by atoms with E-state index in [1.807, 2.05) is 12.1 Å². The lowest BCUT2D eigenvalue weighted by molar-refractivity contribution is 0.102. The van der Waals surface area contributed by atoms with Gasteiger partial charge in [0, 0.05) is 18.2 Å². The highest BCUT2D eigenvalue weighted by molar-refractivity contribution is 6.33. The Bertz CT molecular complexity index is 643. The van der Waals surface area contributed by atoms with E-state index in [2.05, 4.69) is 10.3 Å². The van der Waals surface area contributed by atoms with Crippen LogP contribution in [-0.4, -0.2) is 17.5 Å². The fourth-order valence-corrected chi connectivity index (χ4v) is 2.15. The maximum atomic E-state index is 12.1. The Balaban J connectivity index is 1.83. The summed E-state index contributed by atoms with van der Waals surface area (Å²) >= 11 is 5.95. The molecule has 96 valence electrons. The van der Waals surface area contributed by atoms with Crippen LogP contribution in [0.4, 0.5) is 5.82 Å². The van der Waals surface area contributed by atoms with Gasteiger partial charge in [-0.1, -0.05) is 11.6 Å². The van der Waals surface area contributed by atoms with Crippen molar-refractivity contribution in [2.45, 2.75) is 6.42 Å². The third-order valence-electron chi connectivity index (χ3n) is 2.94. The van der Waals surface area contributed by atoms with Crippen molar-refractivity contribution in [1.29, 1.82) is 0 Å². The number of carbonyl (C=O) groups excluding carboxylic acids is 1. The van der Waals surface area contributed by atoms with Crippen molar-refractivity contribution in [3.63, 3.8) is 0 Å². The molecular formula is C14H11ClN2O2. The first kappa shape index (κ1) is 12.0. The van der Waals surface area contributed by atoms with Gasteiger partial charge in [0.1, 0.15) is 5.75 Å². The van der Waals surface area contributed by atoms with Gasteiger partial charge in [0.15, 0.2) is 5.82 Å². The van der Waals surface area contributed by atoms with E-state index in [0.29, 0.717) is 23.0 Å². The molecule has 0 atom stereocenters. The minimum absolute atomic E-state index is 0.227. The Labute approximate surface area is 115 Å². The number of pyridine rings is 1. The Morgan fingerprint density at radius 3 is 3.11 bits per heavy atom. The zero-order valence-electron chi connectivity index (χ0n) is 10.0. The molecule has 0 saturated carbocycles. The number of anilines is 1. The molecule has 0 aliphatic carbocycles. The summed E-state index contributed by atoms with van der Waals surface area (Å²) in [6.07, 6.45) is 2.42. The second-order valence-corrected chi connectivity index (χ2v) is 4.62. The van der Waals surface area contributed by atoms with Gasteiger partial charge >= 0.3 is 0 Å². The van der Waals surface area contributed by atoms with Crippen molar-refractivity contribution in [3.05, 3.63) is 52.7 Å². The molecule has 0 unspecified atom stereocenters. The number of fused-ring (bicyclic) bond motifs is 1. The summed E-state index contributed by atoms with van der Waals surface area (Å²) in [4.78, 5) is 16.1. The van der Waals surface area contributed by atoms with Gasteiger partial charge in [-0.15, -0.1) is 0 Å². The van der Waals surface area contributed by atoms with E-state index in [4.69, 9.17) is 16.3 Å². The van der Waals surface area contributed by atoms with Gasteiger partial charge in [-0.3, -0.25) is 4.79 Å². The molecule has 2 heterocycles. The summed E-state index contributed by atoms with van der Waals surface area (Å²) in [5, 5.41) is 3.11. The number of carbonyl (C=O) groups is 1. The number of aromatic nitrogens is 1. The normalized spacial score (nSPS) is 12.7. The number of nitrogens with one attached hydrogen (secondary N) is 1. The van der Waals surface area contributed by atoms with Crippen molar-refractivity contribution < 1.29 is 9.53 Å². The smallest absolute Gasteiger partial charge is 0.256 e. The molecular weight excluding hydrogens is 264 g/mol. The summed E-state index contributed by atoms with van der Waals surface area (Å²) in [6.45, 7) is 0.673. The maximum absolute atomic E-state index is 12.1. The standard InChI is InChI=1S/C14H11ClN2O2/c15-11-2-1-6-16-13(11)17-14(18)10-3-4-12-9(8-10)5-7-19-12/h1-4,6,8H,5,7H2,(H,16,17,18). The number of hydrogen-bond acceptors (Lipinski definition) is 3. The van der Waals surface area contributed by atoms with E-state index in [0.717, 1.165) is 17.7 Å². The van der Waals surface area contributed by atoms with Crippen molar-refractivity contribution in [2.75, 3.05) is 11.9 Å². The van der Waals surface area contributed by atoms with Crippen molar-refractivity contribution in [2.24, 2.45) is 0 Å². The van der Waals surface area contributed by atoms with Crippen molar-refractivity contribution >= 4 is 23.3 Å². The monoisotopic (exact) mass is 274 g/mol. The molecule has 1 N–H and O–H groups in total. The highest BCUT2D eigenvalue weighted by Gasteiger charge is 2.15. The summed E-state index contributed by atoms with van der Waals surface area (Å²) in [5.74, 6) is 0.994. The molecule has 0 spiro atoms. The third kappa shape index (κ3) is 2.39. The lowest BCUT2D eigenvalue weighted by Gasteiger charge is -2.07. The maximum Gasteiger partial charge on any atom is 0.256 e. The number of hydrogen-bond donors (Lipinski definition) is 1. The van der Waals surface area contributed by atoms with E-state index in [1.54, 1.807) is 24.4 Å². The van der Waals surface area contributed by atoms with Crippen LogP contribution in [0.1, 0.15) is 15.9 Å². The molecule has 3 rings (SSSR count). The van der Waals surface area contributed by atoms with Crippen LogP contribution in [0.3, 0.4) is 0 Å². The van der Waals surface area contributed by atoms with E-state index in [9.17, 15) is 4.79 Å². The summed E-state index contributed by atoms with van der Waals surface area (Å²) in [6, 6.07) is 8.79.